The summed E-state index contributed by atoms with van der Waals surface area (Å²) in [5.74, 6) is 1.18. The van der Waals surface area contributed by atoms with Gasteiger partial charge in [0.15, 0.2) is 6.61 Å². The van der Waals surface area contributed by atoms with Gasteiger partial charge in [-0.25, -0.2) is 4.68 Å². The number of aromatic nitrogens is 2. The first-order valence-electron chi connectivity index (χ1n) is 10.4. The van der Waals surface area contributed by atoms with Gasteiger partial charge in [-0.05, 0) is 61.4 Å². The van der Waals surface area contributed by atoms with E-state index in [0.29, 0.717) is 18.1 Å². The molecule has 0 saturated carbocycles. The minimum Gasteiger partial charge on any atom is -0.494 e. The van der Waals surface area contributed by atoms with Gasteiger partial charge in [-0.3, -0.25) is 9.59 Å². The van der Waals surface area contributed by atoms with E-state index in [-0.39, 0.29) is 31.2 Å². The van der Waals surface area contributed by atoms with Gasteiger partial charge in [0, 0.05) is 18.2 Å². The van der Waals surface area contributed by atoms with Crippen LogP contribution in [0, 0.1) is 0 Å². The number of hydrogen-bond donors (Lipinski definition) is 1. The van der Waals surface area contributed by atoms with Crippen LogP contribution in [0.2, 0.25) is 0 Å². The van der Waals surface area contributed by atoms with Crippen molar-refractivity contribution < 1.29 is 14.3 Å². The molecule has 0 atom stereocenters. The number of hydrogen-bond acceptors (Lipinski definition) is 5. The van der Waals surface area contributed by atoms with E-state index in [1.165, 1.54) is 16.3 Å². The maximum atomic E-state index is 12.1. The van der Waals surface area contributed by atoms with E-state index >= 15 is 0 Å². The fraction of sp³-hybridized carbons (Fsp3) is 0.292. The standard InChI is InChI=1S/C24H27N3O4/c1-3-18-5-9-21(10-6-18)31-17-23(28)25-15-16-27-24(29)14-13-22(26-27)19-7-11-20(12-8-19)30-4-2/h5-14H,3-4,15-17H2,1-2H3,(H,25,28). The molecule has 0 fully saturated rings. The fourth-order valence-corrected chi connectivity index (χ4v) is 2.97. The molecule has 3 aromatic rings. The normalized spacial score (nSPS) is 10.5. The number of rotatable bonds is 10. The smallest absolute Gasteiger partial charge is 0.266 e. The maximum absolute atomic E-state index is 12.1. The van der Waals surface area contributed by atoms with E-state index in [1.807, 2.05) is 55.5 Å². The van der Waals surface area contributed by atoms with Crippen molar-refractivity contribution >= 4 is 5.91 Å². The maximum Gasteiger partial charge on any atom is 0.266 e. The highest BCUT2D eigenvalue weighted by Gasteiger charge is 2.06. The molecule has 31 heavy (non-hydrogen) atoms. The summed E-state index contributed by atoms with van der Waals surface area (Å²) in [6.07, 6.45) is 0.952. The van der Waals surface area contributed by atoms with Gasteiger partial charge < -0.3 is 14.8 Å². The minimum atomic E-state index is -0.254. The summed E-state index contributed by atoms with van der Waals surface area (Å²) in [6.45, 7) is 5.07. The molecule has 7 nitrogen and oxygen atoms in total. The Bertz CT molecular complexity index is 1040. The number of nitrogens with one attached hydrogen (secondary N) is 1. The van der Waals surface area contributed by atoms with Crippen molar-refractivity contribution in [3.05, 3.63) is 76.6 Å². The zero-order chi connectivity index (χ0) is 22.1. The zero-order valence-corrected chi connectivity index (χ0v) is 17.8. The highest BCUT2D eigenvalue weighted by atomic mass is 16.5. The SMILES string of the molecule is CCOc1ccc(-c2ccc(=O)n(CCNC(=O)COc3ccc(CC)cc3)n2)cc1. The average molecular weight is 421 g/mol. The molecule has 0 aliphatic rings. The summed E-state index contributed by atoms with van der Waals surface area (Å²) in [7, 11) is 0. The first-order valence-corrected chi connectivity index (χ1v) is 10.4. The van der Waals surface area contributed by atoms with Crippen LogP contribution in [0.1, 0.15) is 19.4 Å². The van der Waals surface area contributed by atoms with Gasteiger partial charge in [-0.1, -0.05) is 19.1 Å². The molecule has 1 heterocycles. The third-order valence-corrected chi connectivity index (χ3v) is 4.68. The van der Waals surface area contributed by atoms with E-state index in [1.54, 1.807) is 6.07 Å². The number of nitrogens with zero attached hydrogens (tertiary/aromatic N) is 2. The molecule has 7 heteroatoms. The summed E-state index contributed by atoms with van der Waals surface area (Å²) in [5.41, 5.74) is 2.54. The summed E-state index contributed by atoms with van der Waals surface area (Å²) in [4.78, 5) is 24.2. The Labute approximate surface area is 181 Å². The second-order valence-corrected chi connectivity index (χ2v) is 6.87. The summed E-state index contributed by atoms with van der Waals surface area (Å²) in [5, 5.41) is 7.16. The van der Waals surface area contributed by atoms with Crippen molar-refractivity contribution in [2.24, 2.45) is 0 Å². The van der Waals surface area contributed by atoms with E-state index in [9.17, 15) is 9.59 Å². The Morgan fingerprint density at radius 2 is 1.61 bits per heavy atom. The van der Waals surface area contributed by atoms with Gasteiger partial charge in [0.1, 0.15) is 11.5 Å². The summed E-state index contributed by atoms with van der Waals surface area (Å²) in [6, 6.07) is 18.3. The lowest BCUT2D eigenvalue weighted by Gasteiger charge is -2.10. The van der Waals surface area contributed by atoms with Crippen LogP contribution in [-0.2, 0) is 17.8 Å². The predicted molar refractivity (Wildman–Crippen MR) is 119 cm³/mol. The molecule has 1 amide bonds. The highest BCUT2D eigenvalue weighted by molar-refractivity contribution is 5.77. The number of amides is 1. The molecule has 1 aromatic heterocycles. The van der Waals surface area contributed by atoms with E-state index < -0.39 is 0 Å². The molecule has 0 unspecified atom stereocenters. The van der Waals surface area contributed by atoms with Gasteiger partial charge >= 0.3 is 0 Å². The van der Waals surface area contributed by atoms with Crippen LogP contribution in [0.4, 0.5) is 0 Å². The van der Waals surface area contributed by atoms with Gasteiger partial charge in [-0.15, -0.1) is 0 Å². The van der Waals surface area contributed by atoms with Crippen LogP contribution in [0.15, 0.2) is 65.5 Å². The molecule has 3 rings (SSSR count). The van der Waals surface area contributed by atoms with Crippen molar-refractivity contribution in [2.75, 3.05) is 19.8 Å². The lowest BCUT2D eigenvalue weighted by Crippen LogP contribution is -2.34. The molecule has 0 saturated heterocycles. The number of carbonyl (C=O) groups is 1. The molecular weight excluding hydrogens is 394 g/mol. The molecule has 0 bridgehead atoms. The van der Waals surface area contributed by atoms with Crippen molar-refractivity contribution in [1.82, 2.24) is 15.1 Å². The highest BCUT2D eigenvalue weighted by Crippen LogP contribution is 2.19. The van der Waals surface area contributed by atoms with Crippen molar-refractivity contribution in [3.8, 4) is 22.8 Å². The van der Waals surface area contributed by atoms with Crippen LogP contribution >= 0.6 is 0 Å². The van der Waals surface area contributed by atoms with Gasteiger partial charge in [0.2, 0.25) is 0 Å². The number of ether oxygens (including phenoxy) is 2. The van der Waals surface area contributed by atoms with Gasteiger partial charge in [0.25, 0.3) is 11.5 Å². The fourth-order valence-electron chi connectivity index (χ4n) is 2.97. The number of carbonyl (C=O) groups excluding carboxylic acids is 1. The quantitative estimate of drug-likeness (QED) is 0.544. The van der Waals surface area contributed by atoms with Crippen LogP contribution in [0.25, 0.3) is 11.3 Å². The van der Waals surface area contributed by atoms with Crippen LogP contribution in [0.3, 0.4) is 0 Å². The third-order valence-electron chi connectivity index (χ3n) is 4.68. The lowest BCUT2D eigenvalue weighted by molar-refractivity contribution is -0.123. The number of aryl methyl sites for hydroxylation is 1. The van der Waals surface area contributed by atoms with E-state index in [4.69, 9.17) is 9.47 Å². The monoisotopic (exact) mass is 421 g/mol. The van der Waals surface area contributed by atoms with Crippen molar-refractivity contribution in [1.29, 1.82) is 0 Å². The van der Waals surface area contributed by atoms with Crippen LogP contribution in [0.5, 0.6) is 11.5 Å². The summed E-state index contributed by atoms with van der Waals surface area (Å²) >= 11 is 0. The third kappa shape index (κ3) is 6.44. The van der Waals surface area contributed by atoms with E-state index in [2.05, 4.69) is 17.3 Å². The molecule has 0 spiro atoms. The molecule has 1 N–H and O–H groups in total. The Morgan fingerprint density at radius 3 is 2.29 bits per heavy atom. The van der Waals surface area contributed by atoms with Crippen LogP contribution in [-0.4, -0.2) is 35.4 Å². The second-order valence-electron chi connectivity index (χ2n) is 6.87. The first-order chi connectivity index (χ1) is 15.1. The van der Waals surface area contributed by atoms with Crippen molar-refractivity contribution in [3.63, 3.8) is 0 Å². The molecular formula is C24H27N3O4. The zero-order valence-electron chi connectivity index (χ0n) is 17.8. The second kappa shape index (κ2) is 11.0. The molecule has 0 radical (unpaired) electrons. The predicted octanol–water partition coefficient (Wildman–Crippen LogP) is 3.07. The Morgan fingerprint density at radius 1 is 0.935 bits per heavy atom. The molecule has 162 valence electrons. The van der Waals surface area contributed by atoms with E-state index in [0.717, 1.165) is 17.7 Å². The average Bonchev–Trinajstić information content (AvgIpc) is 2.80. The molecule has 0 aliphatic heterocycles. The minimum absolute atomic E-state index is 0.0833. The summed E-state index contributed by atoms with van der Waals surface area (Å²) < 4.78 is 12.3. The van der Waals surface area contributed by atoms with Gasteiger partial charge in [-0.2, -0.15) is 5.10 Å². The van der Waals surface area contributed by atoms with Crippen molar-refractivity contribution in [2.45, 2.75) is 26.8 Å². The Balaban J connectivity index is 1.52. The topological polar surface area (TPSA) is 82.5 Å². The lowest BCUT2D eigenvalue weighted by atomic mass is 10.1. The Kier molecular flexibility index (Phi) is 7.81. The molecule has 2 aromatic carbocycles. The van der Waals surface area contributed by atoms with Gasteiger partial charge in [0.05, 0.1) is 18.8 Å². The first kappa shape index (κ1) is 22.1. The number of benzene rings is 2. The largest absolute Gasteiger partial charge is 0.494 e. The Hall–Kier alpha value is -3.61. The van der Waals surface area contributed by atoms with Crippen LogP contribution < -0.4 is 20.3 Å². The molecule has 0 aliphatic carbocycles.